The van der Waals surface area contributed by atoms with Gasteiger partial charge >= 0.3 is 0 Å². The third-order valence-electron chi connectivity index (χ3n) is 4.43. The number of piperidine rings is 1. The molecule has 1 fully saturated rings. The number of hydrogen-bond donors (Lipinski definition) is 1. The van der Waals surface area contributed by atoms with Gasteiger partial charge in [-0.1, -0.05) is 23.7 Å². The van der Waals surface area contributed by atoms with Crippen LogP contribution in [0.2, 0.25) is 5.02 Å². The Bertz CT molecular complexity index is 675. The lowest BCUT2D eigenvalue weighted by molar-refractivity contribution is 0.0458. The summed E-state index contributed by atoms with van der Waals surface area (Å²) >= 11 is 5.88. The molecule has 1 saturated heterocycles. The van der Waals surface area contributed by atoms with Crippen LogP contribution in [0.4, 0.5) is 0 Å². The molecule has 23 heavy (non-hydrogen) atoms. The first kappa shape index (κ1) is 16.0. The number of oxazole rings is 1. The summed E-state index contributed by atoms with van der Waals surface area (Å²) in [4.78, 5) is 18.1. The zero-order chi connectivity index (χ0) is 16.4. The van der Waals surface area contributed by atoms with Crippen molar-refractivity contribution in [2.75, 3.05) is 13.1 Å². The molecule has 0 bridgehead atoms. The van der Waals surface area contributed by atoms with E-state index in [-0.39, 0.29) is 11.8 Å². The van der Waals surface area contributed by atoms with Crippen LogP contribution in [0.1, 0.15) is 40.8 Å². The average Bonchev–Trinajstić information content (AvgIpc) is 3.00. The average molecular weight is 335 g/mol. The molecule has 1 aliphatic heterocycles. The van der Waals surface area contributed by atoms with Gasteiger partial charge in [0.2, 0.25) is 0 Å². The Hall–Kier alpha value is -1.85. The van der Waals surface area contributed by atoms with Crippen molar-refractivity contribution in [3.63, 3.8) is 0 Å². The second kappa shape index (κ2) is 6.72. The maximum absolute atomic E-state index is 12.4. The second-order valence-corrected chi connectivity index (χ2v) is 6.32. The Kier molecular flexibility index (Phi) is 4.68. The van der Waals surface area contributed by atoms with Gasteiger partial charge in [0.25, 0.3) is 5.91 Å². The minimum Gasteiger partial charge on any atom is -0.448 e. The van der Waals surface area contributed by atoms with Crippen LogP contribution in [0.15, 0.2) is 35.1 Å². The monoisotopic (exact) mass is 334 g/mol. The van der Waals surface area contributed by atoms with Crippen molar-refractivity contribution in [1.82, 2.24) is 9.88 Å². The first-order valence-electron chi connectivity index (χ1n) is 7.69. The molecule has 6 heteroatoms. The molecule has 1 N–H and O–H groups in total. The molecule has 3 rings (SSSR count). The Morgan fingerprint density at radius 2 is 2.00 bits per heavy atom. The normalized spacial score (nSPS) is 17.3. The van der Waals surface area contributed by atoms with E-state index in [0.717, 1.165) is 18.4 Å². The number of nitrogens with zero attached hydrogens (tertiary/aromatic N) is 2. The van der Waals surface area contributed by atoms with Gasteiger partial charge < -0.3 is 14.4 Å². The summed E-state index contributed by atoms with van der Waals surface area (Å²) in [6.07, 6.45) is 2.27. The predicted molar refractivity (Wildman–Crippen MR) is 86.3 cm³/mol. The molecular formula is C17H19ClN2O3. The molecule has 2 heterocycles. The number of aliphatic hydroxyl groups is 1. The second-order valence-electron chi connectivity index (χ2n) is 5.88. The first-order chi connectivity index (χ1) is 11.1. The van der Waals surface area contributed by atoms with Gasteiger partial charge in [-0.2, -0.15) is 0 Å². The molecule has 1 atom stereocenters. The third-order valence-corrected chi connectivity index (χ3v) is 4.68. The summed E-state index contributed by atoms with van der Waals surface area (Å²) < 4.78 is 5.09. The van der Waals surface area contributed by atoms with Crippen molar-refractivity contribution >= 4 is 17.5 Å². The fourth-order valence-electron chi connectivity index (χ4n) is 3.01. The van der Waals surface area contributed by atoms with Gasteiger partial charge in [-0.3, -0.25) is 4.79 Å². The molecule has 0 radical (unpaired) electrons. The van der Waals surface area contributed by atoms with Crippen LogP contribution in [-0.4, -0.2) is 34.0 Å². The van der Waals surface area contributed by atoms with Crippen LogP contribution >= 0.6 is 11.6 Å². The zero-order valence-corrected chi connectivity index (χ0v) is 13.7. The highest BCUT2D eigenvalue weighted by Gasteiger charge is 2.30. The van der Waals surface area contributed by atoms with E-state index < -0.39 is 6.10 Å². The molecule has 1 aliphatic rings. The van der Waals surface area contributed by atoms with Crippen LogP contribution in [0.3, 0.4) is 0 Å². The van der Waals surface area contributed by atoms with Gasteiger partial charge in [-0.15, -0.1) is 0 Å². The summed E-state index contributed by atoms with van der Waals surface area (Å²) in [5.74, 6) is 0.577. The van der Waals surface area contributed by atoms with E-state index >= 15 is 0 Å². The molecule has 0 saturated carbocycles. The van der Waals surface area contributed by atoms with E-state index in [1.165, 1.54) is 6.39 Å². The van der Waals surface area contributed by atoms with E-state index in [4.69, 9.17) is 16.0 Å². The summed E-state index contributed by atoms with van der Waals surface area (Å²) in [5, 5.41) is 11.2. The molecule has 0 aliphatic carbocycles. The van der Waals surface area contributed by atoms with Crippen molar-refractivity contribution in [2.24, 2.45) is 5.92 Å². The number of carbonyl (C=O) groups is 1. The minimum atomic E-state index is -0.529. The highest BCUT2D eigenvalue weighted by atomic mass is 35.5. The molecule has 1 amide bonds. The van der Waals surface area contributed by atoms with Gasteiger partial charge in [0.1, 0.15) is 5.76 Å². The molecule has 122 valence electrons. The maximum Gasteiger partial charge on any atom is 0.276 e. The fourth-order valence-corrected chi connectivity index (χ4v) is 3.14. The highest BCUT2D eigenvalue weighted by molar-refractivity contribution is 6.30. The summed E-state index contributed by atoms with van der Waals surface area (Å²) in [6, 6.07) is 7.27. The van der Waals surface area contributed by atoms with E-state index in [1.54, 1.807) is 24.0 Å². The van der Waals surface area contributed by atoms with Gasteiger partial charge in [0.15, 0.2) is 12.1 Å². The van der Waals surface area contributed by atoms with Crippen molar-refractivity contribution in [3.05, 3.63) is 52.7 Å². The molecule has 0 spiro atoms. The molecule has 1 unspecified atom stereocenters. The number of likely N-dealkylation sites (tertiary alicyclic amines) is 1. The molecule has 1 aromatic carbocycles. The minimum absolute atomic E-state index is 0.101. The maximum atomic E-state index is 12.4. The lowest BCUT2D eigenvalue weighted by Crippen LogP contribution is -2.40. The van der Waals surface area contributed by atoms with Crippen molar-refractivity contribution in [2.45, 2.75) is 25.9 Å². The molecule has 1 aromatic heterocycles. The number of rotatable bonds is 3. The predicted octanol–water partition coefficient (Wildman–Crippen LogP) is 3.22. The Labute approximate surface area is 139 Å². The van der Waals surface area contributed by atoms with Crippen LogP contribution in [0, 0.1) is 12.8 Å². The van der Waals surface area contributed by atoms with Crippen LogP contribution in [0.25, 0.3) is 0 Å². The quantitative estimate of drug-likeness (QED) is 0.935. The fraction of sp³-hybridized carbons (Fsp3) is 0.412. The number of amides is 1. The van der Waals surface area contributed by atoms with Gasteiger partial charge in [0.05, 0.1) is 6.10 Å². The smallest absolute Gasteiger partial charge is 0.276 e. The number of carbonyl (C=O) groups excluding carboxylic acids is 1. The Morgan fingerprint density at radius 3 is 2.57 bits per heavy atom. The number of benzene rings is 1. The lowest BCUT2D eigenvalue weighted by atomic mass is 9.87. The number of hydrogen-bond acceptors (Lipinski definition) is 4. The van der Waals surface area contributed by atoms with Crippen LogP contribution in [-0.2, 0) is 0 Å². The van der Waals surface area contributed by atoms with Gasteiger partial charge in [-0.25, -0.2) is 4.98 Å². The first-order valence-corrected chi connectivity index (χ1v) is 8.07. The largest absolute Gasteiger partial charge is 0.448 e. The number of aromatic nitrogens is 1. The van der Waals surface area contributed by atoms with Gasteiger partial charge in [-0.05, 0) is 43.4 Å². The Balaban J connectivity index is 1.61. The summed E-state index contributed by atoms with van der Waals surface area (Å²) in [7, 11) is 0. The number of halogens is 1. The third kappa shape index (κ3) is 3.41. The van der Waals surface area contributed by atoms with Crippen molar-refractivity contribution in [3.8, 4) is 0 Å². The van der Waals surface area contributed by atoms with E-state index in [1.807, 2.05) is 12.1 Å². The Morgan fingerprint density at radius 1 is 1.35 bits per heavy atom. The van der Waals surface area contributed by atoms with Gasteiger partial charge in [0, 0.05) is 18.1 Å². The standard InChI is InChI=1S/C17H19ClN2O3/c1-11-15(19-10-23-11)17(22)20-8-6-13(7-9-20)16(21)12-2-4-14(18)5-3-12/h2-5,10,13,16,21H,6-9H2,1H3. The van der Waals surface area contributed by atoms with Crippen LogP contribution in [0.5, 0.6) is 0 Å². The lowest BCUT2D eigenvalue weighted by Gasteiger charge is -2.34. The van der Waals surface area contributed by atoms with Crippen molar-refractivity contribution < 1.29 is 14.3 Å². The highest BCUT2D eigenvalue weighted by Crippen LogP contribution is 2.31. The number of aliphatic hydroxyl groups excluding tert-OH is 1. The summed E-state index contributed by atoms with van der Waals surface area (Å²) in [6.45, 7) is 2.96. The van der Waals surface area contributed by atoms with E-state index in [2.05, 4.69) is 4.98 Å². The molecular weight excluding hydrogens is 316 g/mol. The van der Waals surface area contributed by atoms with Crippen molar-refractivity contribution in [1.29, 1.82) is 0 Å². The molecule has 5 nitrogen and oxygen atoms in total. The number of aryl methyl sites for hydroxylation is 1. The SMILES string of the molecule is Cc1ocnc1C(=O)N1CCC(C(O)c2ccc(Cl)cc2)CC1. The van der Waals surface area contributed by atoms with Crippen LogP contribution < -0.4 is 0 Å². The molecule has 2 aromatic rings. The zero-order valence-electron chi connectivity index (χ0n) is 12.9. The topological polar surface area (TPSA) is 66.6 Å². The summed E-state index contributed by atoms with van der Waals surface area (Å²) in [5.41, 5.74) is 1.24. The van der Waals surface area contributed by atoms with E-state index in [0.29, 0.717) is 29.6 Å². The van der Waals surface area contributed by atoms with E-state index in [9.17, 15) is 9.90 Å².